The van der Waals surface area contributed by atoms with Crippen LogP contribution in [-0.2, 0) is 13.1 Å². The largest absolute Gasteiger partial charge is 0.308 e. The van der Waals surface area contributed by atoms with E-state index in [-0.39, 0.29) is 0 Å². The smallest absolute Gasteiger partial charge is 0.107 e. The average Bonchev–Trinajstić information content (AvgIpc) is 2.72. The molecule has 0 unspecified atom stereocenters. The molecular weight excluding hydrogens is 242 g/mol. The summed E-state index contributed by atoms with van der Waals surface area (Å²) in [4.78, 5) is 7.02. The Balaban J connectivity index is 2.49. The highest BCUT2D eigenvalue weighted by Crippen LogP contribution is 2.12. The van der Waals surface area contributed by atoms with Crippen molar-refractivity contribution < 1.29 is 0 Å². The molecule has 0 aliphatic heterocycles. The molecule has 0 fully saturated rings. The lowest BCUT2D eigenvalue weighted by molar-refractivity contribution is 0.301. The Hall–Kier alpha value is -0.710. The predicted molar refractivity (Wildman–Crippen MR) is 79.9 cm³/mol. The minimum atomic E-state index is 0.507. The number of thiazole rings is 1. The van der Waals surface area contributed by atoms with E-state index in [2.05, 4.69) is 54.9 Å². The molecule has 0 aromatic carbocycles. The molecule has 0 bridgehead atoms. The van der Waals surface area contributed by atoms with Crippen molar-refractivity contribution >= 4 is 11.3 Å². The number of likely N-dealkylation sites (N-methyl/N-ethyl adjacent to an activating group) is 1. The third-order valence-corrected chi connectivity index (χ3v) is 3.48. The minimum absolute atomic E-state index is 0.507. The molecule has 1 N–H and O–H groups in total. The Bertz CT molecular complexity index is 371. The lowest BCUT2D eigenvalue weighted by Crippen LogP contribution is -2.25. The minimum Gasteiger partial charge on any atom is -0.308 e. The van der Waals surface area contributed by atoms with Gasteiger partial charge in [-0.1, -0.05) is 32.9 Å². The Labute approximate surface area is 115 Å². The van der Waals surface area contributed by atoms with E-state index in [9.17, 15) is 0 Å². The highest BCUT2D eigenvalue weighted by molar-refractivity contribution is 7.09. The van der Waals surface area contributed by atoms with Crippen LogP contribution in [0.2, 0.25) is 0 Å². The van der Waals surface area contributed by atoms with Crippen LogP contribution in [0.5, 0.6) is 0 Å². The van der Waals surface area contributed by atoms with E-state index in [4.69, 9.17) is 0 Å². The molecule has 0 amide bonds. The number of aromatic nitrogens is 1. The van der Waals surface area contributed by atoms with Crippen molar-refractivity contribution in [3.8, 4) is 0 Å². The number of hydrogen-bond acceptors (Lipinski definition) is 4. The molecule has 0 atom stereocenters. The van der Waals surface area contributed by atoms with Crippen molar-refractivity contribution in [1.29, 1.82) is 0 Å². The van der Waals surface area contributed by atoms with Gasteiger partial charge in [0.15, 0.2) is 0 Å². The summed E-state index contributed by atoms with van der Waals surface area (Å²) in [6.07, 6.45) is 0. The quantitative estimate of drug-likeness (QED) is 0.734. The summed E-state index contributed by atoms with van der Waals surface area (Å²) in [6.45, 7) is 16.3. The van der Waals surface area contributed by atoms with Crippen LogP contribution < -0.4 is 5.32 Å². The van der Waals surface area contributed by atoms with Crippen molar-refractivity contribution in [3.63, 3.8) is 0 Å². The Morgan fingerprint density at radius 1 is 1.56 bits per heavy atom. The average molecular weight is 267 g/mol. The molecule has 0 saturated heterocycles. The van der Waals surface area contributed by atoms with Gasteiger partial charge in [-0.05, 0) is 13.5 Å². The highest BCUT2D eigenvalue weighted by Gasteiger charge is 2.07. The van der Waals surface area contributed by atoms with Crippen LogP contribution in [0, 0.1) is 0 Å². The van der Waals surface area contributed by atoms with E-state index in [0.717, 1.165) is 26.2 Å². The zero-order chi connectivity index (χ0) is 13.5. The summed E-state index contributed by atoms with van der Waals surface area (Å²) >= 11 is 1.74. The second-order valence-electron chi connectivity index (χ2n) is 5.03. The van der Waals surface area contributed by atoms with E-state index in [1.54, 1.807) is 11.3 Å². The lowest BCUT2D eigenvalue weighted by Gasteiger charge is -2.18. The third-order valence-electron chi connectivity index (χ3n) is 2.59. The van der Waals surface area contributed by atoms with Gasteiger partial charge in [-0.15, -0.1) is 11.3 Å². The summed E-state index contributed by atoms with van der Waals surface area (Å²) in [5.74, 6) is 0. The lowest BCUT2D eigenvalue weighted by atomic mass is 10.3. The maximum absolute atomic E-state index is 4.66. The predicted octanol–water partition coefficient (Wildman–Crippen LogP) is 3.04. The van der Waals surface area contributed by atoms with Crippen LogP contribution in [0.25, 0.3) is 0 Å². The second-order valence-corrected chi connectivity index (χ2v) is 5.97. The second kappa shape index (κ2) is 7.67. The zero-order valence-electron chi connectivity index (χ0n) is 12.0. The van der Waals surface area contributed by atoms with Gasteiger partial charge in [-0.2, -0.15) is 0 Å². The Morgan fingerprint density at radius 3 is 2.83 bits per heavy atom. The van der Waals surface area contributed by atoms with Gasteiger partial charge in [-0.3, -0.25) is 4.90 Å². The van der Waals surface area contributed by atoms with Crippen molar-refractivity contribution in [3.05, 3.63) is 28.2 Å². The summed E-state index contributed by atoms with van der Waals surface area (Å²) in [5, 5.41) is 6.73. The fraction of sp³-hybridized carbons (Fsp3) is 0.643. The number of nitrogens with one attached hydrogen (secondary N) is 1. The molecule has 102 valence electrons. The van der Waals surface area contributed by atoms with Gasteiger partial charge in [0.1, 0.15) is 5.01 Å². The standard InChI is InChI=1S/C14H25N3S/c1-6-17(8-11(2)3)9-13-10-18-14(16-13)7-15-12(4)5/h10,12,15H,2,6-9H2,1,3-5H3. The van der Waals surface area contributed by atoms with Crippen LogP contribution in [-0.4, -0.2) is 29.0 Å². The molecule has 4 heteroatoms. The van der Waals surface area contributed by atoms with Gasteiger partial charge in [0.25, 0.3) is 0 Å². The first-order valence-electron chi connectivity index (χ1n) is 6.54. The third kappa shape index (κ3) is 5.76. The van der Waals surface area contributed by atoms with E-state index < -0.39 is 0 Å². The first kappa shape index (κ1) is 15.3. The normalized spacial score (nSPS) is 11.4. The van der Waals surface area contributed by atoms with Gasteiger partial charge in [0.2, 0.25) is 0 Å². The van der Waals surface area contributed by atoms with Gasteiger partial charge >= 0.3 is 0 Å². The fourth-order valence-electron chi connectivity index (χ4n) is 1.68. The molecule has 1 aromatic rings. The van der Waals surface area contributed by atoms with Gasteiger partial charge in [0.05, 0.1) is 5.69 Å². The molecule has 18 heavy (non-hydrogen) atoms. The topological polar surface area (TPSA) is 28.2 Å². The van der Waals surface area contributed by atoms with Crippen LogP contribution in [0.15, 0.2) is 17.5 Å². The fourth-order valence-corrected chi connectivity index (χ4v) is 2.42. The van der Waals surface area contributed by atoms with Crippen LogP contribution in [0.4, 0.5) is 0 Å². The molecule has 0 aliphatic carbocycles. The zero-order valence-corrected chi connectivity index (χ0v) is 12.8. The monoisotopic (exact) mass is 267 g/mol. The summed E-state index contributed by atoms with van der Waals surface area (Å²) < 4.78 is 0. The number of nitrogens with zero attached hydrogens (tertiary/aromatic N) is 2. The maximum Gasteiger partial charge on any atom is 0.107 e. The number of rotatable bonds is 8. The molecule has 0 radical (unpaired) electrons. The first-order chi connectivity index (χ1) is 8.51. The van der Waals surface area contributed by atoms with Crippen molar-refractivity contribution in [1.82, 2.24) is 15.2 Å². The summed E-state index contributed by atoms with van der Waals surface area (Å²) in [5.41, 5.74) is 2.37. The van der Waals surface area contributed by atoms with Crippen LogP contribution >= 0.6 is 11.3 Å². The summed E-state index contributed by atoms with van der Waals surface area (Å²) in [7, 11) is 0. The molecular formula is C14H25N3S. The van der Waals surface area contributed by atoms with Crippen molar-refractivity contribution in [2.24, 2.45) is 0 Å². The van der Waals surface area contributed by atoms with E-state index in [0.29, 0.717) is 6.04 Å². The first-order valence-corrected chi connectivity index (χ1v) is 7.42. The van der Waals surface area contributed by atoms with Crippen molar-refractivity contribution in [2.75, 3.05) is 13.1 Å². The molecule has 0 aliphatic rings. The molecule has 1 rings (SSSR count). The van der Waals surface area contributed by atoms with Gasteiger partial charge < -0.3 is 5.32 Å². The highest BCUT2D eigenvalue weighted by atomic mass is 32.1. The van der Waals surface area contributed by atoms with E-state index in [1.807, 2.05) is 0 Å². The maximum atomic E-state index is 4.66. The van der Waals surface area contributed by atoms with Crippen LogP contribution in [0.3, 0.4) is 0 Å². The number of hydrogen-bond donors (Lipinski definition) is 1. The molecule has 3 nitrogen and oxygen atoms in total. The molecule has 1 aromatic heterocycles. The molecule has 1 heterocycles. The van der Waals surface area contributed by atoms with E-state index in [1.165, 1.54) is 16.3 Å². The van der Waals surface area contributed by atoms with Gasteiger partial charge in [0, 0.05) is 31.1 Å². The molecule has 0 spiro atoms. The summed E-state index contributed by atoms with van der Waals surface area (Å²) in [6, 6.07) is 0.507. The SMILES string of the molecule is C=C(C)CN(CC)Cc1csc(CNC(C)C)n1. The van der Waals surface area contributed by atoms with Gasteiger partial charge in [-0.25, -0.2) is 4.98 Å². The van der Waals surface area contributed by atoms with Crippen molar-refractivity contribution in [2.45, 2.75) is 46.8 Å². The molecule has 0 saturated carbocycles. The van der Waals surface area contributed by atoms with Crippen LogP contribution in [0.1, 0.15) is 38.4 Å². The van der Waals surface area contributed by atoms with E-state index >= 15 is 0 Å². The Kier molecular flexibility index (Phi) is 6.54. The Morgan fingerprint density at radius 2 is 2.28 bits per heavy atom.